The van der Waals surface area contributed by atoms with E-state index < -0.39 is 0 Å². The van der Waals surface area contributed by atoms with E-state index in [-0.39, 0.29) is 30.6 Å². The van der Waals surface area contributed by atoms with Gasteiger partial charge in [-0.15, -0.1) is 24.8 Å². The second kappa shape index (κ2) is 10.7. The first-order chi connectivity index (χ1) is 12.5. The highest BCUT2D eigenvalue weighted by Gasteiger charge is 2.27. The lowest BCUT2D eigenvalue weighted by molar-refractivity contribution is 0.104. The molecular formula is C21H28Cl2N2O3. The van der Waals surface area contributed by atoms with Crippen molar-refractivity contribution in [3.63, 3.8) is 0 Å². The van der Waals surface area contributed by atoms with Gasteiger partial charge >= 0.3 is 0 Å². The fourth-order valence-corrected chi connectivity index (χ4v) is 2.91. The fraction of sp³-hybridized carbons (Fsp3) is 0.381. The molecule has 2 aromatic carbocycles. The van der Waals surface area contributed by atoms with Gasteiger partial charge in [-0.2, -0.15) is 0 Å². The van der Waals surface area contributed by atoms with Crippen LogP contribution in [0.25, 0.3) is 11.1 Å². The maximum atomic E-state index is 12.8. The Morgan fingerprint density at radius 2 is 1.07 bits per heavy atom. The molecule has 154 valence electrons. The number of rotatable bonds is 8. The largest absolute Gasteiger partial charge is 0.492 e. The molecule has 0 atom stereocenters. The van der Waals surface area contributed by atoms with E-state index in [9.17, 15) is 4.79 Å². The SMILES string of the molecule is CN(C)CCOc1ccc2c(c1)C(=O)c1cc(OCCN(C)C)ccc1-2.Cl.Cl. The summed E-state index contributed by atoms with van der Waals surface area (Å²) in [4.78, 5) is 17.0. The molecule has 0 unspecified atom stereocenters. The number of carbonyl (C=O) groups excluding carboxylic acids is 1. The molecule has 0 saturated heterocycles. The quantitative estimate of drug-likeness (QED) is 0.550. The lowest BCUT2D eigenvalue weighted by atomic mass is 10.1. The van der Waals surface area contributed by atoms with Gasteiger partial charge in [-0.3, -0.25) is 4.79 Å². The summed E-state index contributed by atoms with van der Waals surface area (Å²) in [6.07, 6.45) is 0. The molecule has 0 aliphatic heterocycles. The highest BCUT2D eigenvalue weighted by Crippen LogP contribution is 2.39. The predicted molar refractivity (Wildman–Crippen MR) is 118 cm³/mol. The Morgan fingerprint density at radius 1 is 0.679 bits per heavy atom. The second-order valence-electron chi connectivity index (χ2n) is 7.05. The minimum Gasteiger partial charge on any atom is -0.492 e. The summed E-state index contributed by atoms with van der Waals surface area (Å²) in [6, 6.07) is 11.5. The van der Waals surface area contributed by atoms with E-state index >= 15 is 0 Å². The average Bonchev–Trinajstić information content (AvgIpc) is 2.86. The lowest BCUT2D eigenvalue weighted by Crippen LogP contribution is -2.19. The van der Waals surface area contributed by atoms with Gasteiger partial charge in [0.05, 0.1) is 0 Å². The molecule has 0 amide bonds. The van der Waals surface area contributed by atoms with Crippen LogP contribution < -0.4 is 9.47 Å². The van der Waals surface area contributed by atoms with E-state index in [0.717, 1.165) is 35.7 Å². The monoisotopic (exact) mass is 426 g/mol. The van der Waals surface area contributed by atoms with Crippen molar-refractivity contribution in [1.29, 1.82) is 0 Å². The van der Waals surface area contributed by atoms with Crippen molar-refractivity contribution in [3.05, 3.63) is 47.5 Å². The molecule has 0 aromatic heterocycles. The zero-order chi connectivity index (χ0) is 18.7. The third-order valence-electron chi connectivity index (χ3n) is 4.38. The molecule has 28 heavy (non-hydrogen) atoms. The van der Waals surface area contributed by atoms with Crippen LogP contribution in [0, 0.1) is 0 Å². The molecule has 1 aliphatic carbocycles. The molecule has 0 spiro atoms. The number of hydrogen-bond donors (Lipinski definition) is 0. The second-order valence-corrected chi connectivity index (χ2v) is 7.05. The maximum absolute atomic E-state index is 12.8. The van der Waals surface area contributed by atoms with Crippen LogP contribution in [0.4, 0.5) is 0 Å². The maximum Gasteiger partial charge on any atom is 0.194 e. The van der Waals surface area contributed by atoms with Crippen LogP contribution in [0.1, 0.15) is 15.9 Å². The van der Waals surface area contributed by atoms with Crippen molar-refractivity contribution >= 4 is 30.6 Å². The third kappa shape index (κ3) is 5.61. The Hall–Kier alpha value is -1.79. The highest BCUT2D eigenvalue weighted by molar-refractivity contribution is 6.22. The van der Waals surface area contributed by atoms with Crippen LogP contribution in [0.2, 0.25) is 0 Å². The van der Waals surface area contributed by atoms with Gasteiger partial charge in [0.1, 0.15) is 24.7 Å². The molecule has 2 aromatic rings. The number of nitrogens with zero attached hydrogens (tertiary/aromatic N) is 2. The summed E-state index contributed by atoms with van der Waals surface area (Å²) in [5.41, 5.74) is 3.33. The third-order valence-corrected chi connectivity index (χ3v) is 4.38. The molecule has 0 bridgehead atoms. The van der Waals surface area contributed by atoms with Gasteiger partial charge in [0, 0.05) is 24.2 Å². The van der Waals surface area contributed by atoms with E-state index in [2.05, 4.69) is 9.80 Å². The molecule has 1 aliphatic rings. The number of ether oxygens (including phenoxy) is 2. The Balaban J connectivity index is 0.00000196. The summed E-state index contributed by atoms with van der Waals surface area (Å²) in [5.74, 6) is 1.49. The van der Waals surface area contributed by atoms with E-state index in [1.54, 1.807) is 0 Å². The molecule has 0 radical (unpaired) electrons. The summed E-state index contributed by atoms with van der Waals surface area (Å²) in [6.45, 7) is 2.85. The van der Waals surface area contributed by atoms with Crippen molar-refractivity contribution in [2.45, 2.75) is 0 Å². The zero-order valence-corrected chi connectivity index (χ0v) is 18.4. The first kappa shape index (κ1) is 24.2. The van der Waals surface area contributed by atoms with Crippen LogP contribution in [0.5, 0.6) is 11.5 Å². The van der Waals surface area contributed by atoms with Crippen LogP contribution in [-0.4, -0.2) is 70.1 Å². The Kier molecular flexibility index (Phi) is 9.24. The van der Waals surface area contributed by atoms with Crippen molar-refractivity contribution in [2.75, 3.05) is 54.5 Å². The first-order valence-electron chi connectivity index (χ1n) is 8.84. The van der Waals surface area contributed by atoms with Gasteiger partial charge < -0.3 is 19.3 Å². The molecule has 0 N–H and O–H groups in total. The molecule has 0 saturated carbocycles. The number of carbonyl (C=O) groups is 1. The molecule has 0 heterocycles. The molecule has 3 rings (SSSR count). The van der Waals surface area contributed by atoms with Gasteiger partial charge in [-0.25, -0.2) is 0 Å². The van der Waals surface area contributed by atoms with E-state index in [1.807, 2.05) is 64.6 Å². The van der Waals surface area contributed by atoms with E-state index in [0.29, 0.717) is 24.3 Å². The number of likely N-dealkylation sites (N-methyl/N-ethyl adjacent to an activating group) is 2. The topological polar surface area (TPSA) is 42.0 Å². The zero-order valence-electron chi connectivity index (χ0n) is 16.7. The predicted octanol–water partition coefficient (Wildman–Crippen LogP) is 3.62. The summed E-state index contributed by atoms with van der Waals surface area (Å²) in [5, 5.41) is 0. The average molecular weight is 427 g/mol. The van der Waals surface area contributed by atoms with Gasteiger partial charge in [-0.1, -0.05) is 0 Å². The Morgan fingerprint density at radius 3 is 1.43 bits per heavy atom. The van der Waals surface area contributed by atoms with Gasteiger partial charge in [0.25, 0.3) is 0 Å². The van der Waals surface area contributed by atoms with Gasteiger partial charge in [0.15, 0.2) is 5.78 Å². The fourth-order valence-electron chi connectivity index (χ4n) is 2.91. The number of fused-ring (bicyclic) bond motifs is 3. The van der Waals surface area contributed by atoms with Crippen molar-refractivity contribution < 1.29 is 14.3 Å². The standard InChI is InChI=1S/C21H26N2O3.2ClH/c1-22(2)9-11-25-15-5-7-17-18-8-6-16(26-12-10-23(3)4)14-20(18)21(24)19(17)13-15;;/h5-8,13-14H,9-12H2,1-4H3;2*1H. The molecule has 5 nitrogen and oxygen atoms in total. The van der Waals surface area contributed by atoms with Gasteiger partial charge in [0.2, 0.25) is 0 Å². The van der Waals surface area contributed by atoms with Crippen LogP contribution in [-0.2, 0) is 0 Å². The molecular weight excluding hydrogens is 399 g/mol. The normalized spacial score (nSPS) is 11.6. The lowest BCUT2D eigenvalue weighted by Gasteiger charge is -2.12. The highest BCUT2D eigenvalue weighted by atomic mass is 35.5. The van der Waals surface area contributed by atoms with Gasteiger partial charge in [-0.05, 0) is 75.7 Å². The van der Waals surface area contributed by atoms with Crippen molar-refractivity contribution in [2.24, 2.45) is 0 Å². The van der Waals surface area contributed by atoms with Crippen LogP contribution >= 0.6 is 24.8 Å². The summed E-state index contributed by atoms with van der Waals surface area (Å²) >= 11 is 0. The van der Waals surface area contributed by atoms with E-state index in [4.69, 9.17) is 9.47 Å². The minimum atomic E-state index is 0. The summed E-state index contributed by atoms with van der Waals surface area (Å²) in [7, 11) is 8.02. The van der Waals surface area contributed by atoms with Crippen molar-refractivity contribution in [3.8, 4) is 22.6 Å². The summed E-state index contributed by atoms with van der Waals surface area (Å²) < 4.78 is 11.5. The minimum absolute atomic E-state index is 0. The number of ketones is 1. The van der Waals surface area contributed by atoms with Crippen LogP contribution in [0.15, 0.2) is 36.4 Å². The smallest absolute Gasteiger partial charge is 0.194 e. The van der Waals surface area contributed by atoms with Crippen molar-refractivity contribution in [1.82, 2.24) is 9.80 Å². The van der Waals surface area contributed by atoms with E-state index in [1.165, 1.54) is 0 Å². The molecule has 7 heteroatoms. The Labute approximate surface area is 179 Å². The number of halogens is 2. The first-order valence-corrected chi connectivity index (χ1v) is 8.84. The number of benzene rings is 2. The molecule has 0 fully saturated rings. The Bertz CT molecular complexity index is 745. The van der Waals surface area contributed by atoms with Crippen LogP contribution in [0.3, 0.4) is 0 Å². The number of hydrogen-bond acceptors (Lipinski definition) is 5.